The lowest BCUT2D eigenvalue weighted by Crippen LogP contribution is -2.46. The van der Waals surface area contributed by atoms with Gasteiger partial charge in [0.25, 0.3) is 5.91 Å². The van der Waals surface area contributed by atoms with Gasteiger partial charge >= 0.3 is 0 Å². The highest BCUT2D eigenvalue weighted by Crippen LogP contribution is 2.03. The van der Waals surface area contributed by atoms with Crippen molar-refractivity contribution < 1.29 is 14.3 Å². The van der Waals surface area contributed by atoms with Crippen molar-refractivity contribution in [1.29, 1.82) is 0 Å². The summed E-state index contributed by atoms with van der Waals surface area (Å²) in [6.07, 6.45) is 2.50. The molecule has 0 saturated heterocycles. The van der Waals surface area contributed by atoms with Gasteiger partial charge in [-0.15, -0.1) is 0 Å². The number of nitrogens with one attached hydrogen (secondary N) is 1. The highest BCUT2D eigenvalue weighted by atomic mass is 16.3. The molecule has 2 N–H and O–H groups in total. The van der Waals surface area contributed by atoms with Gasteiger partial charge in [-0.25, -0.2) is 4.98 Å². The van der Waals surface area contributed by atoms with Crippen LogP contribution in [0.3, 0.4) is 0 Å². The molecule has 0 aliphatic heterocycles. The van der Waals surface area contributed by atoms with Crippen LogP contribution >= 0.6 is 0 Å². The number of hydrogen-bond donors (Lipinski definition) is 2. The lowest BCUT2D eigenvalue weighted by atomic mass is 10.1. The molecule has 1 amide bonds. The van der Waals surface area contributed by atoms with E-state index in [9.17, 15) is 4.79 Å². The predicted octanol–water partition coefficient (Wildman–Crippen LogP) is 0.175. The van der Waals surface area contributed by atoms with Crippen molar-refractivity contribution in [1.82, 2.24) is 10.3 Å². The first-order valence-corrected chi connectivity index (χ1v) is 3.87. The Morgan fingerprint density at radius 2 is 2.46 bits per heavy atom. The van der Waals surface area contributed by atoms with Crippen molar-refractivity contribution in [2.24, 2.45) is 0 Å². The third-order valence-electron chi connectivity index (χ3n) is 1.50. The van der Waals surface area contributed by atoms with Gasteiger partial charge in [-0.3, -0.25) is 4.79 Å². The molecule has 0 atom stereocenters. The number of rotatable bonds is 3. The highest BCUT2D eigenvalue weighted by Gasteiger charge is 2.21. The van der Waals surface area contributed by atoms with E-state index in [4.69, 9.17) is 9.52 Å². The molecule has 1 aromatic rings. The van der Waals surface area contributed by atoms with Crippen LogP contribution in [0.25, 0.3) is 0 Å². The fourth-order valence-corrected chi connectivity index (χ4v) is 0.736. The largest absolute Gasteiger partial charge is 0.438 e. The van der Waals surface area contributed by atoms with Gasteiger partial charge in [0, 0.05) is 0 Å². The molecule has 0 aliphatic rings. The minimum Gasteiger partial charge on any atom is -0.438 e. The SMILES string of the molecule is CC(C)(CO)NC(=O)c1cnco1. The maximum absolute atomic E-state index is 11.3. The van der Waals surface area contributed by atoms with E-state index in [2.05, 4.69) is 10.3 Å². The number of oxazole rings is 1. The molecular formula is C8H12N2O3. The van der Waals surface area contributed by atoms with Crippen molar-refractivity contribution in [3.8, 4) is 0 Å². The summed E-state index contributed by atoms with van der Waals surface area (Å²) >= 11 is 0. The van der Waals surface area contributed by atoms with E-state index in [1.54, 1.807) is 13.8 Å². The molecule has 13 heavy (non-hydrogen) atoms. The van der Waals surface area contributed by atoms with E-state index in [0.29, 0.717) is 0 Å². The molecule has 5 nitrogen and oxygen atoms in total. The van der Waals surface area contributed by atoms with Crippen molar-refractivity contribution >= 4 is 5.91 Å². The smallest absolute Gasteiger partial charge is 0.289 e. The number of carbonyl (C=O) groups is 1. The fourth-order valence-electron chi connectivity index (χ4n) is 0.736. The number of aromatic nitrogens is 1. The average Bonchev–Trinajstić information content (AvgIpc) is 2.55. The Balaban J connectivity index is 2.61. The summed E-state index contributed by atoms with van der Waals surface area (Å²) in [5.41, 5.74) is -0.649. The maximum Gasteiger partial charge on any atom is 0.289 e. The molecule has 5 heteroatoms. The second kappa shape index (κ2) is 3.57. The monoisotopic (exact) mass is 184 g/mol. The highest BCUT2D eigenvalue weighted by molar-refractivity contribution is 5.91. The third-order valence-corrected chi connectivity index (χ3v) is 1.50. The van der Waals surface area contributed by atoms with Gasteiger partial charge in [-0.05, 0) is 13.8 Å². The normalized spacial score (nSPS) is 11.3. The number of nitrogens with zero attached hydrogens (tertiary/aromatic N) is 1. The van der Waals surface area contributed by atoms with Crippen molar-refractivity contribution in [3.63, 3.8) is 0 Å². The molecule has 0 spiro atoms. The fraction of sp³-hybridized carbons (Fsp3) is 0.500. The van der Waals surface area contributed by atoms with Crippen LogP contribution in [-0.4, -0.2) is 28.1 Å². The molecule has 0 aromatic carbocycles. The molecular weight excluding hydrogens is 172 g/mol. The molecule has 0 unspecified atom stereocenters. The zero-order chi connectivity index (χ0) is 9.90. The van der Waals surface area contributed by atoms with Crippen LogP contribution < -0.4 is 5.32 Å². The standard InChI is InChI=1S/C8H12N2O3/c1-8(2,4-11)10-7(12)6-3-9-5-13-6/h3,5,11H,4H2,1-2H3,(H,10,12). The van der Waals surface area contributed by atoms with Gasteiger partial charge in [0.2, 0.25) is 5.76 Å². The van der Waals surface area contributed by atoms with Crippen LogP contribution in [-0.2, 0) is 0 Å². The third kappa shape index (κ3) is 2.55. The summed E-state index contributed by atoms with van der Waals surface area (Å²) in [5, 5.41) is 11.5. The second-order valence-corrected chi connectivity index (χ2v) is 3.36. The molecule has 0 saturated carbocycles. The predicted molar refractivity (Wildman–Crippen MR) is 45.1 cm³/mol. The van der Waals surface area contributed by atoms with Crippen molar-refractivity contribution in [2.45, 2.75) is 19.4 Å². The Hall–Kier alpha value is -1.36. The van der Waals surface area contributed by atoms with Crippen LogP contribution in [0.4, 0.5) is 0 Å². The van der Waals surface area contributed by atoms with Crippen LogP contribution in [0.15, 0.2) is 17.0 Å². The molecule has 0 fully saturated rings. The minimum atomic E-state index is -0.649. The van der Waals surface area contributed by atoms with Gasteiger partial charge < -0.3 is 14.8 Å². The van der Waals surface area contributed by atoms with Crippen LogP contribution in [0, 0.1) is 0 Å². The lowest BCUT2D eigenvalue weighted by molar-refractivity contribution is 0.0841. The molecule has 72 valence electrons. The summed E-state index contributed by atoms with van der Waals surface area (Å²) in [7, 11) is 0. The summed E-state index contributed by atoms with van der Waals surface area (Å²) in [6.45, 7) is 3.29. The first-order valence-electron chi connectivity index (χ1n) is 3.87. The van der Waals surface area contributed by atoms with Gasteiger partial charge in [0.05, 0.1) is 18.3 Å². The maximum atomic E-state index is 11.3. The Bertz CT molecular complexity index is 280. The summed E-state index contributed by atoms with van der Waals surface area (Å²) in [5.74, 6) is -0.238. The summed E-state index contributed by atoms with van der Waals surface area (Å²) in [4.78, 5) is 14.9. The van der Waals surface area contributed by atoms with E-state index in [1.807, 2.05) is 0 Å². The van der Waals surface area contributed by atoms with Gasteiger partial charge in [0.1, 0.15) is 0 Å². The molecule has 0 bridgehead atoms. The minimum absolute atomic E-state index is 0.132. The number of aliphatic hydroxyl groups excluding tert-OH is 1. The number of carbonyl (C=O) groups excluding carboxylic acids is 1. The summed E-state index contributed by atoms with van der Waals surface area (Å²) in [6, 6.07) is 0. The van der Waals surface area contributed by atoms with E-state index in [1.165, 1.54) is 12.6 Å². The summed E-state index contributed by atoms with van der Waals surface area (Å²) < 4.78 is 4.78. The lowest BCUT2D eigenvalue weighted by Gasteiger charge is -2.22. The Labute approximate surface area is 75.8 Å². The van der Waals surface area contributed by atoms with Gasteiger partial charge in [-0.2, -0.15) is 0 Å². The van der Waals surface area contributed by atoms with Crippen molar-refractivity contribution in [2.75, 3.05) is 6.61 Å². The zero-order valence-electron chi connectivity index (χ0n) is 7.57. The van der Waals surface area contributed by atoms with E-state index >= 15 is 0 Å². The molecule has 1 rings (SSSR count). The number of amides is 1. The first-order chi connectivity index (χ1) is 6.05. The molecule has 1 aromatic heterocycles. The van der Waals surface area contributed by atoms with Crippen LogP contribution in [0.2, 0.25) is 0 Å². The molecule has 0 aliphatic carbocycles. The quantitative estimate of drug-likeness (QED) is 0.702. The van der Waals surface area contributed by atoms with E-state index in [-0.39, 0.29) is 18.3 Å². The Morgan fingerprint density at radius 3 is 2.92 bits per heavy atom. The topological polar surface area (TPSA) is 75.4 Å². The second-order valence-electron chi connectivity index (χ2n) is 3.36. The van der Waals surface area contributed by atoms with Crippen LogP contribution in [0.5, 0.6) is 0 Å². The Kier molecular flexibility index (Phi) is 2.67. The molecule has 0 radical (unpaired) electrons. The first kappa shape index (κ1) is 9.73. The average molecular weight is 184 g/mol. The zero-order valence-corrected chi connectivity index (χ0v) is 7.57. The van der Waals surface area contributed by atoms with E-state index < -0.39 is 5.54 Å². The van der Waals surface area contributed by atoms with Gasteiger partial charge in [-0.1, -0.05) is 0 Å². The van der Waals surface area contributed by atoms with Crippen molar-refractivity contribution in [3.05, 3.63) is 18.4 Å². The number of aliphatic hydroxyl groups is 1. The number of hydrogen-bond acceptors (Lipinski definition) is 4. The van der Waals surface area contributed by atoms with E-state index in [0.717, 1.165) is 0 Å². The van der Waals surface area contributed by atoms with Gasteiger partial charge in [0.15, 0.2) is 6.39 Å². The van der Waals surface area contributed by atoms with Crippen LogP contribution in [0.1, 0.15) is 24.4 Å². The molecule has 1 heterocycles. The Morgan fingerprint density at radius 1 is 1.77 bits per heavy atom.